The summed E-state index contributed by atoms with van der Waals surface area (Å²) in [5.41, 5.74) is 8.40. The summed E-state index contributed by atoms with van der Waals surface area (Å²) < 4.78 is 13.2. The minimum atomic E-state index is -0.230. The zero-order valence-corrected chi connectivity index (χ0v) is 10.9. The summed E-state index contributed by atoms with van der Waals surface area (Å²) >= 11 is 0. The third-order valence-electron chi connectivity index (χ3n) is 3.16. The van der Waals surface area contributed by atoms with E-state index >= 15 is 0 Å². The molecule has 0 amide bonds. The molecule has 0 spiro atoms. The molecule has 0 heterocycles. The Balaban J connectivity index is 2.21. The van der Waals surface area contributed by atoms with Crippen LogP contribution in [0.1, 0.15) is 24.8 Å². The molecular formula is C16H17FN2. The van der Waals surface area contributed by atoms with Crippen molar-refractivity contribution in [1.29, 1.82) is 5.41 Å². The SMILES string of the molecule is CC(CC(=N)N)c1ccc(-c2cccc(F)c2)cc1. The molecule has 0 fully saturated rings. The van der Waals surface area contributed by atoms with Gasteiger partial charge in [0.05, 0.1) is 5.84 Å². The minimum absolute atomic E-state index is 0.196. The van der Waals surface area contributed by atoms with Gasteiger partial charge in [-0.05, 0) is 34.7 Å². The van der Waals surface area contributed by atoms with E-state index < -0.39 is 0 Å². The first kappa shape index (κ1) is 13.3. The van der Waals surface area contributed by atoms with E-state index in [-0.39, 0.29) is 17.6 Å². The van der Waals surface area contributed by atoms with Crippen LogP contribution in [0.3, 0.4) is 0 Å². The highest BCUT2D eigenvalue weighted by Gasteiger charge is 2.07. The van der Waals surface area contributed by atoms with Crippen molar-refractivity contribution in [3.05, 3.63) is 59.9 Å². The highest BCUT2D eigenvalue weighted by molar-refractivity contribution is 5.77. The maximum atomic E-state index is 13.2. The first-order valence-electron chi connectivity index (χ1n) is 6.25. The molecule has 3 heteroatoms. The summed E-state index contributed by atoms with van der Waals surface area (Å²) in [6, 6.07) is 14.5. The second-order valence-electron chi connectivity index (χ2n) is 4.76. The molecular weight excluding hydrogens is 239 g/mol. The van der Waals surface area contributed by atoms with Crippen molar-refractivity contribution >= 4 is 5.84 Å². The first-order chi connectivity index (χ1) is 9.06. The van der Waals surface area contributed by atoms with E-state index in [4.69, 9.17) is 11.1 Å². The zero-order valence-electron chi connectivity index (χ0n) is 10.9. The molecule has 2 rings (SSSR count). The molecule has 19 heavy (non-hydrogen) atoms. The number of rotatable bonds is 4. The summed E-state index contributed by atoms with van der Waals surface area (Å²) in [6.07, 6.45) is 0.555. The lowest BCUT2D eigenvalue weighted by Crippen LogP contribution is -2.12. The normalized spacial score (nSPS) is 12.1. The van der Waals surface area contributed by atoms with Crippen molar-refractivity contribution in [3.8, 4) is 11.1 Å². The van der Waals surface area contributed by atoms with Gasteiger partial charge in [-0.25, -0.2) is 4.39 Å². The summed E-state index contributed by atoms with van der Waals surface area (Å²) in [7, 11) is 0. The summed E-state index contributed by atoms with van der Waals surface area (Å²) in [5, 5.41) is 7.31. The van der Waals surface area contributed by atoms with Gasteiger partial charge in [0.2, 0.25) is 0 Å². The van der Waals surface area contributed by atoms with Gasteiger partial charge in [0.25, 0.3) is 0 Å². The first-order valence-corrected chi connectivity index (χ1v) is 6.25. The number of hydrogen-bond donors (Lipinski definition) is 2. The lowest BCUT2D eigenvalue weighted by Gasteiger charge is -2.11. The van der Waals surface area contributed by atoms with Crippen LogP contribution in [-0.2, 0) is 0 Å². The van der Waals surface area contributed by atoms with Crippen molar-refractivity contribution in [2.75, 3.05) is 0 Å². The van der Waals surface area contributed by atoms with E-state index in [2.05, 4.69) is 0 Å². The Morgan fingerprint density at radius 2 is 1.84 bits per heavy atom. The molecule has 0 aliphatic rings. The fraction of sp³-hybridized carbons (Fsp3) is 0.188. The van der Waals surface area contributed by atoms with Crippen LogP contribution in [0.2, 0.25) is 0 Å². The Morgan fingerprint density at radius 3 is 2.42 bits per heavy atom. The highest BCUT2D eigenvalue weighted by Crippen LogP contribution is 2.24. The van der Waals surface area contributed by atoms with Gasteiger partial charge in [-0.2, -0.15) is 0 Å². The van der Waals surface area contributed by atoms with Gasteiger partial charge in [0.15, 0.2) is 0 Å². The Labute approximate surface area is 112 Å². The fourth-order valence-electron chi connectivity index (χ4n) is 2.12. The van der Waals surface area contributed by atoms with E-state index in [0.717, 1.165) is 16.7 Å². The smallest absolute Gasteiger partial charge is 0.123 e. The molecule has 2 aromatic carbocycles. The predicted octanol–water partition coefficient (Wildman–Crippen LogP) is 3.92. The monoisotopic (exact) mass is 256 g/mol. The summed E-state index contributed by atoms with van der Waals surface area (Å²) in [5.74, 6) is 0.187. The van der Waals surface area contributed by atoms with Crippen molar-refractivity contribution in [1.82, 2.24) is 0 Å². The van der Waals surface area contributed by atoms with Crippen LogP contribution in [0.4, 0.5) is 4.39 Å². The van der Waals surface area contributed by atoms with Gasteiger partial charge in [0, 0.05) is 6.42 Å². The van der Waals surface area contributed by atoms with Crippen LogP contribution >= 0.6 is 0 Å². The largest absolute Gasteiger partial charge is 0.388 e. The van der Waals surface area contributed by atoms with Crippen LogP contribution in [0.5, 0.6) is 0 Å². The maximum Gasteiger partial charge on any atom is 0.123 e. The highest BCUT2D eigenvalue weighted by atomic mass is 19.1. The van der Waals surface area contributed by atoms with Crippen LogP contribution in [-0.4, -0.2) is 5.84 Å². The molecule has 2 nitrogen and oxygen atoms in total. The average Bonchev–Trinajstić information content (AvgIpc) is 2.38. The number of hydrogen-bond acceptors (Lipinski definition) is 1. The zero-order chi connectivity index (χ0) is 13.8. The lowest BCUT2D eigenvalue weighted by atomic mass is 9.95. The second-order valence-corrected chi connectivity index (χ2v) is 4.76. The summed E-state index contributed by atoms with van der Waals surface area (Å²) in [4.78, 5) is 0. The van der Waals surface area contributed by atoms with Crippen molar-refractivity contribution < 1.29 is 4.39 Å². The standard InChI is InChI=1S/C16H17FN2/c1-11(9-16(18)19)12-5-7-13(8-6-12)14-3-2-4-15(17)10-14/h2-8,10-11H,9H2,1H3,(H3,18,19). The molecule has 3 N–H and O–H groups in total. The number of amidine groups is 1. The van der Waals surface area contributed by atoms with E-state index in [1.54, 1.807) is 6.07 Å². The van der Waals surface area contributed by atoms with E-state index in [9.17, 15) is 4.39 Å². The number of nitrogens with one attached hydrogen (secondary N) is 1. The van der Waals surface area contributed by atoms with Gasteiger partial charge >= 0.3 is 0 Å². The molecule has 0 radical (unpaired) electrons. The molecule has 0 saturated carbocycles. The maximum absolute atomic E-state index is 13.2. The Bertz CT molecular complexity index is 576. The van der Waals surface area contributed by atoms with Crippen LogP contribution in [0.15, 0.2) is 48.5 Å². The van der Waals surface area contributed by atoms with Gasteiger partial charge in [-0.15, -0.1) is 0 Å². The topological polar surface area (TPSA) is 49.9 Å². The number of halogens is 1. The van der Waals surface area contributed by atoms with E-state index in [0.29, 0.717) is 6.42 Å². The van der Waals surface area contributed by atoms with E-state index in [1.165, 1.54) is 12.1 Å². The Morgan fingerprint density at radius 1 is 1.16 bits per heavy atom. The predicted molar refractivity (Wildman–Crippen MR) is 76.8 cm³/mol. The Hall–Kier alpha value is -2.16. The van der Waals surface area contributed by atoms with Gasteiger partial charge in [-0.1, -0.05) is 43.3 Å². The minimum Gasteiger partial charge on any atom is -0.388 e. The number of benzene rings is 2. The van der Waals surface area contributed by atoms with Crippen molar-refractivity contribution in [2.24, 2.45) is 5.73 Å². The lowest BCUT2D eigenvalue weighted by molar-refractivity contribution is 0.628. The quantitative estimate of drug-likeness (QED) is 0.632. The molecule has 1 unspecified atom stereocenters. The van der Waals surface area contributed by atoms with Gasteiger partial charge in [0.1, 0.15) is 5.82 Å². The molecule has 0 bridgehead atoms. The van der Waals surface area contributed by atoms with Crippen molar-refractivity contribution in [3.63, 3.8) is 0 Å². The molecule has 2 aromatic rings. The second kappa shape index (κ2) is 5.65. The molecule has 0 aliphatic carbocycles. The van der Waals surface area contributed by atoms with Gasteiger partial charge in [-0.3, -0.25) is 5.41 Å². The van der Waals surface area contributed by atoms with Crippen LogP contribution < -0.4 is 5.73 Å². The van der Waals surface area contributed by atoms with Crippen LogP contribution in [0, 0.1) is 11.2 Å². The Kier molecular flexibility index (Phi) is 3.95. The van der Waals surface area contributed by atoms with Crippen LogP contribution in [0.25, 0.3) is 11.1 Å². The molecule has 0 saturated heterocycles. The third kappa shape index (κ3) is 3.41. The van der Waals surface area contributed by atoms with Gasteiger partial charge < -0.3 is 5.73 Å². The molecule has 1 atom stereocenters. The number of nitrogens with two attached hydrogens (primary N) is 1. The fourth-order valence-corrected chi connectivity index (χ4v) is 2.12. The third-order valence-corrected chi connectivity index (χ3v) is 3.16. The molecule has 98 valence electrons. The van der Waals surface area contributed by atoms with E-state index in [1.807, 2.05) is 37.3 Å². The summed E-state index contributed by atoms with van der Waals surface area (Å²) in [6.45, 7) is 2.04. The molecule has 0 aromatic heterocycles. The average molecular weight is 256 g/mol. The molecule has 0 aliphatic heterocycles. The van der Waals surface area contributed by atoms with Crippen molar-refractivity contribution in [2.45, 2.75) is 19.3 Å².